The van der Waals surface area contributed by atoms with Gasteiger partial charge in [-0.1, -0.05) is 6.07 Å². The molecule has 17 heavy (non-hydrogen) atoms. The number of benzene rings is 1. The van der Waals surface area contributed by atoms with Gasteiger partial charge in [0.25, 0.3) is 0 Å². The summed E-state index contributed by atoms with van der Waals surface area (Å²) >= 11 is 0. The third-order valence-corrected chi connectivity index (χ3v) is 2.62. The fourth-order valence-corrected chi connectivity index (χ4v) is 1.64. The lowest BCUT2D eigenvalue weighted by atomic mass is 10.1. The van der Waals surface area contributed by atoms with Crippen molar-refractivity contribution >= 4 is 5.69 Å². The molecule has 3 nitrogen and oxygen atoms in total. The van der Waals surface area contributed by atoms with Crippen LogP contribution in [0.5, 0.6) is 0 Å². The van der Waals surface area contributed by atoms with E-state index < -0.39 is 0 Å². The molecule has 0 aliphatic carbocycles. The molecule has 1 N–H and O–H groups in total. The molecule has 0 aliphatic heterocycles. The van der Waals surface area contributed by atoms with Gasteiger partial charge in [-0.3, -0.25) is 0 Å². The summed E-state index contributed by atoms with van der Waals surface area (Å²) in [6.45, 7) is 4.56. The summed E-state index contributed by atoms with van der Waals surface area (Å²) < 4.78 is 5.47. The molecule has 0 spiro atoms. The summed E-state index contributed by atoms with van der Waals surface area (Å²) in [6.07, 6.45) is 0. The van der Waals surface area contributed by atoms with Gasteiger partial charge < -0.3 is 9.73 Å². The second kappa shape index (κ2) is 4.75. The van der Waals surface area contributed by atoms with E-state index in [1.807, 2.05) is 44.2 Å². The van der Waals surface area contributed by atoms with Crippen LogP contribution >= 0.6 is 0 Å². The lowest BCUT2D eigenvalue weighted by Gasteiger charge is -2.08. The van der Waals surface area contributed by atoms with Crippen molar-refractivity contribution in [2.45, 2.75) is 20.4 Å². The maximum Gasteiger partial charge on any atom is 0.123 e. The van der Waals surface area contributed by atoms with Gasteiger partial charge in [-0.05, 0) is 43.7 Å². The van der Waals surface area contributed by atoms with Gasteiger partial charge in [0.2, 0.25) is 0 Å². The number of anilines is 1. The molecule has 0 aliphatic rings. The van der Waals surface area contributed by atoms with Crippen LogP contribution in [0.3, 0.4) is 0 Å². The molecule has 0 unspecified atom stereocenters. The van der Waals surface area contributed by atoms with Gasteiger partial charge in [-0.2, -0.15) is 5.26 Å². The van der Waals surface area contributed by atoms with E-state index >= 15 is 0 Å². The van der Waals surface area contributed by atoms with Crippen LogP contribution < -0.4 is 5.32 Å². The summed E-state index contributed by atoms with van der Waals surface area (Å²) in [5.41, 5.74) is 2.75. The Morgan fingerprint density at radius 2 is 2.06 bits per heavy atom. The van der Waals surface area contributed by atoms with Crippen LogP contribution in [-0.4, -0.2) is 0 Å². The van der Waals surface area contributed by atoms with Crippen LogP contribution in [0.1, 0.15) is 22.6 Å². The monoisotopic (exact) mass is 226 g/mol. The first-order valence-electron chi connectivity index (χ1n) is 5.49. The molecule has 1 aromatic heterocycles. The molecule has 0 saturated heterocycles. The average Bonchev–Trinajstić information content (AvgIpc) is 2.74. The zero-order valence-electron chi connectivity index (χ0n) is 9.95. The minimum Gasteiger partial charge on any atom is -0.465 e. The van der Waals surface area contributed by atoms with Gasteiger partial charge in [-0.25, -0.2) is 0 Å². The lowest BCUT2D eigenvalue weighted by molar-refractivity contribution is 0.490. The summed E-state index contributed by atoms with van der Waals surface area (Å²) in [4.78, 5) is 0. The molecule has 0 fully saturated rings. The number of furan rings is 1. The maximum atomic E-state index is 8.85. The molecule has 0 radical (unpaired) electrons. The van der Waals surface area contributed by atoms with Crippen LogP contribution in [0.25, 0.3) is 0 Å². The molecule has 1 aromatic carbocycles. The molecule has 2 rings (SSSR count). The van der Waals surface area contributed by atoms with Crippen molar-refractivity contribution in [2.75, 3.05) is 5.32 Å². The third-order valence-electron chi connectivity index (χ3n) is 2.62. The highest BCUT2D eigenvalue weighted by molar-refractivity contribution is 5.55. The zero-order chi connectivity index (χ0) is 12.3. The molecule has 86 valence electrons. The number of rotatable bonds is 3. The number of nitrogens with one attached hydrogen (secondary N) is 1. The Labute approximate surface area is 101 Å². The van der Waals surface area contributed by atoms with Crippen molar-refractivity contribution in [3.8, 4) is 6.07 Å². The first kappa shape index (κ1) is 11.3. The van der Waals surface area contributed by atoms with E-state index in [1.165, 1.54) is 0 Å². The highest BCUT2D eigenvalue weighted by atomic mass is 16.3. The minimum absolute atomic E-state index is 0.629. The van der Waals surface area contributed by atoms with Crippen LogP contribution in [-0.2, 0) is 6.54 Å². The number of nitrogens with zero attached hydrogens (tertiary/aromatic N) is 1. The lowest BCUT2D eigenvalue weighted by Crippen LogP contribution is -2.00. The van der Waals surface area contributed by atoms with E-state index in [-0.39, 0.29) is 0 Å². The van der Waals surface area contributed by atoms with Gasteiger partial charge in [0.05, 0.1) is 18.2 Å². The van der Waals surface area contributed by atoms with Crippen molar-refractivity contribution in [1.82, 2.24) is 0 Å². The number of hydrogen-bond donors (Lipinski definition) is 1. The number of aryl methyl sites for hydroxylation is 2. The Morgan fingerprint density at radius 1 is 1.24 bits per heavy atom. The Hall–Kier alpha value is -2.21. The van der Waals surface area contributed by atoms with Crippen LogP contribution in [0, 0.1) is 25.2 Å². The SMILES string of the molecule is Cc1ccc(CNc2cc(C#N)ccc2C)o1. The standard InChI is InChI=1S/C14H14N2O/c1-10-3-5-12(8-15)7-14(10)16-9-13-6-4-11(2)17-13/h3-7,16H,9H2,1-2H3. The zero-order valence-corrected chi connectivity index (χ0v) is 9.95. The molecule has 0 saturated carbocycles. The largest absolute Gasteiger partial charge is 0.465 e. The summed E-state index contributed by atoms with van der Waals surface area (Å²) in [7, 11) is 0. The number of hydrogen-bond acceptors (Lipinski definition) is 3. The van der Waals surface area contributed by atoms with Gasteiger partial charge >= 0.3 is 0 Å². The second-order valence-electron chi connectivity index (χ2n) is 4.01. The molecular weight excluding hydrogens is 212 g/mol. The van der Waals surface area contributed by atoms with E-state index in [4.69, 9.17) is 9.68 Å². The molecule has 1 heterocycles. The van der Waals surface area contributed by atoms with Crippen LogP contribution in [0.2, 0.25) is 0 Å². The first-order valence-corrected chi connectivity index (χ1v) is 5.49. The fourth-order valence-electron chi connectivity index (χ4n) is 1.64. The molecule has 0 atom stereocenters. The molecule has 0 amide bonds. The average molecular weight is 226 g/mol. The Bertz CT molecular complexity index is 564. The van der Waals surface area contributed by atoms with Crippen molar-refractivity contribution in [2.24, 2.45) is 0 Å². The van der Waals surface area contributed by atoms with E-state index in [0.717, 1.165) is 22.8 Å². The summed E-state index contributed by atoms with van der Waals surface area (Å²) in [5.74, 6) is 1.80. The normalized spacial score (nSPS) is 9.94. The highest BCUT2D eigenvalue weighted by Crippen LogP contribution is 2.18. The van der Waals surface area contributed by atoms with Gasteiger partial charge in [0, 0.05) is 5.69 Å². The van der Waals surface area contributed by atoms with Crippen molar-refractivity contribution < 1.29 is 4.42 Å². The highest BCUT2D eigenvalue weighted by Gasteiger charge is 2.02. The second-order valence-corrected chi connectivity index (χ2v) is 4.01. The van der Waals surface area contributed by atoms with E-state index in [0.29, 0.717) is 12.1 Å². The van der Waals surface area contributed by atoms with E-state index in [1.54, 1.807) is 0 Å². The Balaban J connectivity index is 2.11. The summed E-state index contributed by atoms with van der Waals surface area (Å²) in [6, 6.07) is 11.6. The van der Waals surface area contributed by atoms with Crippen LogP contribution in [0.4, 0.5) is 5.69 Å². The van der Waals surface area contributed by atoms with Crippen molar-refractivity contribution in [3.05, 3.63) is 53.0 Å². The quantitative estimate of drug-likeness (QED) is 0.872. The maximum absolute atomic E-state index is 8.85. The van der Waals surface area contributed by atoms with E-state index in [9.17, 15) is 0 Å². The van der Waals surface area contributed by atoms with E-state index in [2.05, 4.69) is 11.4 Å². The molecule has 0 bridgehead atoms. The molecular formula is C14H14N2O. The number of nitriles is 1. The van der Waals surface area contributed by atoms with Crippen molar-refractivity contribution in [3.63, 3.8) is 0 Å². The Kier molecular flexibility index (Phi) is 3.15. The van der Waals surface area contributed by atoms with Gasteiger partial charge in [0.15, 0.2) is 0 Å². The molecule has 3 heteroatoms. The fraction of sp³-hybridized carbons (Fsp3) is 0.214. The predicted molar refractivity (Wildman–Crippen MR) is 66.7 cm³/mol. The minimum atomic E-state index is 0.629. The summed E-state index contributed by atoms with van der Waals surface area (Å²) in [5, 5.41) is 12.1. The first-order chi connectivity index (χ1) is 8.19. The van der Waals surface area contributed by atoms with Gasteiger partial charge in [0.1, 0.15) is 11.5 Å². The topological polar surface area (TPSA) is 49.0 Å². The predicted octanol–water partition coefficient (Wildman–Crippen LogP) is 3.38. The van der Waals surface area contributed by atoms with Gasteiger partial charge in [-0.15, -0.1) is 0 Å². The Morgan fingerprint density at radius 3 is 2.71 bits per heavy atom. The smallest absolute Gasteiger partial charge is 0.123 e. The third kappa shape index (κ3) is 2.67. The van der Waals surface area contributed by atoms with Crippen LogP contribution in [0.15, 0.2) is 34.7 Å². The molecule has 2 aromatic rings. The van der Waals surface area contributed by atoms with Crippen molar-refractivity contribution in [1.29, 1.82) is 5.26 Å².